The Morgan fingerprint density at radius 3 is 2.00 bits per heavy atom. The Morgan fingerprint density at radius 2 is 1.41 bits per heavy atom. The maximum Gasteiger partial charge on any atom is 0.122 e. The lowest BCUT2D eigenvalue weighted by Crippen LogP contribution is -2.40. The van der Waals surface area contributed by atoms with Gasteiger partial charge in [0.25, 0.3) is 0 Å². The van der Waals surface area contributed by atoms with E-state index in [0.29, 0.717) is 26.2 Å². The molecule has 1 saturated carbocycles. The average Bonchev–Trinajstić information content (AvgIpc) is 3.27. The van der Waals surface area contributed by atoms with Gasteiger partial charge in [-0.3, -0.25) is 4.98 Å². The van der Waals surface area contributed by atoms with E-state index >= 15 is 0 Å². The van der Waals surface area contributed by atoms with E-state index in [1.807, 2.05) is 48.8 Å². The molecule has 5 N–H and O–H groups in total. The third kappa shape index (κ3) is 8.50. The van der Waals surface area contributed by atoms with E-state index in [2.05, 4.69) is 41.6 Å². The molecule has 2 aromatic carbocycles. The molecule has 4 atom stereocenters. The number of rotatable bonds is 16. The lowest BCUT2D eigenvalue weighted by molar-refractivity contribution is -0.000222. The predicted molar refractivity (Wildman–Crippen MR) is 161 cm³/mol. The van der Waals surface area contributed by atoms with E-state index in [9.17, 15) is 15.3 Å². The molecular formula is C33H45N3O5. The molecule has 0 bridgehead atoms. The fourth-order valence-electron chi connectivity index (χ4n) is 5.46. The Bertz CT molecular complexity index is 1210. The molecule has 3 aromatic rings. The maximum atomic E-state index is 10.2. The van der Waals surface area contributed by atoms with E-state index in [-0.39, 0.29) is 18.6 Å². The first-order valence-corrected chi connectivity index (χ1v) is 14.7. The van der Waals surface area contributed by atoms with Crippen molar-refractivity contribution in [3.8, 4) is 22.6 Å². The number of nitrogens with one attached hydrogen (secondary N) is 2. The van der Waals surface area contributed by atoms with Crippen LogP contribution in [0.15, 0.2) is 60.9 Å². The minimum Gasteiger partial charge on any atom is -0.493 e. The molecule has 41 heavy (non-hydrogen) atoms. The highest BCUT2D eigenvalue weighted by atomic mass is 16.5. The smallest absolute Gasteiger partial charge is 0.122 e. The molecule has 4 rings (SSSR count). The molecule has 1 fully saturated rings. The number of hydrogen-bond acceptors (Lipinski definition) is 8. The van der Waals surface area contributed by atoms with Crippen molar-refractivity contribution in [1.29, 1.82) is 0 Å². The Kier molecular flexibility index (Phi) is 12.0. The van der Waals surface area contributed by atoms with Crippen LogP contribution in [0, 0.1) is 19.8 Å². The largest absolute Gasteiger partial charge is 0.493 e. The van der Waals surface area contributed by atoms with Crippen LogP contribution < -0.4 is 20.1 Å². The highest BCUT2D eigenvalue weighted by molar-refractivity contribution is 5.74. The second kappa shape index (κ2) is 15.8. The van der Waals surface area contributed by atoms with E-state index in [1.165, 1.54) is 5.56 Å². The summed E-state index contributed by atoms with van der Waals surface area (Å²) in [5.41, 5.74) is 5.74. The molecule has 0 saturated heterocycles. The summed E-state index contributed by atoms with van der Waals surface area (Å²) in [4.78, 5) is 4.06. The second-order valence-corrected chi connectivity index (χ2v) is 10.8. The zero-order valence-corrected chi connectivity index (χ0v) is 24.3. The van der Waals surface area contributed by atoms with Crippen LogP contribution in [-0.2, 0) is 6.42 Å². The normalized spacial score (nSPS) is 20.3. The van der Waals surface area contributed by atoms with Crippen molar-refractivity contribution in [1.82, 2.24) is 15.6 Å². The summed E-state index contributed by atoms with van der Waals surface area (Å²) in [6.45, 7) is 7.75. The van der Waals surface area contributed by atoms with Crippen LogP contribution in [0.5, 0.6) is 11.5 Å². The van der Waals surface area contributed by atoms with Gasteiger partial charge in [-0.1, -0.05) is 24.3 Å². The van der Waals surface area contributed by atoms with Crippen molar-refractivity contribution >= 4 is 0 Å². The molecule has 0 spiro atoms. The van der Waals surface area contributed by atoms with Crippen molar-refractivity contribution in [3.05, 3.63) is 77.6 Å². The number of aromatic nitrogens is 1. The van der Waals surface area contributed by atoms with Gasteiger partial charge in [0.2, 0.25) is 0 Å². The first kappa shape index (κ1) is 30.9. The third-order valence-corrected chi connectivity index (χ3v) is 7.98. The zero-order valence-electron chi connectivity index (χ0n) is 24.3. The number of nitrogens with zero attached hydrogens (tertiary/aromatic N) is 1. The number of ether oxygens (including phenoxy) is 2. The zero-order chi connectivity index (χ0) is 29.0. The van der Waals surface area contributed by atoms with Gasteiger partial charge in [-0.2, -0.15) is 0 Å². The highest BCUT2D eigenvalue weighted by Crippen LogP contribution is 2.35. The van der Waals surface area contributed by atoms with Crippen molar-refractivity contribution in [3.63, 3.8) is 0 Å². The van der Waals surface area contributed by atoms with Gasteiger partial charge in [0.05, 0.1) is 25.4 Å². The van der Waals surface area contributed by atoms with E-state index < -0.39 is 12.2 Å². The van der Waals surface area contributed by atoms with Crippen LogP contribution in [0.2, 0.25) is 0 Å². The van der Waals surface area contributed by atoms with Gasteiger partial charge in [0.15, 0.2) is 0 Å². The lowest BCUT2D eigenvalue weighted by Gasteiger charge is -2.19. The summed E-state index contributed by atoms with van der Waals surface area (Å²) in [5.74, 6) is 1.48. The van der Waals surface area contributed by atoms with Crippen LogP contribution in [0.4, 0.5) is 0 Å². The first-order chi connectivity index (χ1) is 20.0. The minimum atomic E-state index is -0.878. The topological polar surface area (TPSA) is 116 Å². The fourth-order valence-corrected chi connectivity index (χ4v) is 5.46. The van der Waals surface area contributed by atoms with Gasteiger partial charge in [0.1, 0.15) is 11.5 Å². The Labute approximate surface area is 243 Å². The molecule has 1 aromatic heterocycles. The van der Waals surface area contributed by atoms with E-state index in [4.69, 9.17) is 9.47 Å². The summed E-state index contributed by atoms with van der Waals surface area (Å²) < 4.78 is 12.3. The molecule has 1 heterocycles. The quantitative estimate of drug-likeness (QED) is 0.168. The SMILES string of the molecule is Cc1c(OCCCNCCc2ccncc2)cccc1-c1cccc(OCCCN[C@@H]2C[C@H](CO)[C@@H](O)[C@H]2O)c1C. The van der Waals surface area contributed by atoms with Crippen molar-refractivity contribution in [2.24, 2.45) is 5.92 Å². The number of hydrogen-bond donors (Lipinski definition) is 5. The molecule has 222 valence electrons. The summed E-state index contributed by atoms with van der Waals surface area (Å²) in [5, 5.41) is 36.3. The van der Waals surface area contributed by atoms with Crippen molar-refractivity contribution < 1.29 is 24.8 Å². The molecule has 0 amide bonds. The van der Waals surface area contributed by atoms with Crippen molar-refractivity contribution in [2.45, 2.75) is 57.8 Å². The van der Waals surface area contributed by atoms with Gasteiger partial charge >= 0.3 is 0 Å². The summed E-state index contributed by atoms with van der Waals surface area (Å²) in [6.07, 6.45) is 5.17. The van der Waals surface area contributed by atoms with Crippen LogP contribution in [0.25, 0.3) is 11.1 Å². The Hall–Kier alpha value is -3.01. The summed E-state index contributed by atoms with van der Waals surface area (Å²) >= 11 is 0. The van der Waals surface area contributed by atoms with Crippen molar-refractivity contribution in [2.75, 3.05) is 39.5 Å². The number of pyridine rings is 1. The number of aliphatic hydroxyl groups excluding tert-OH is 3. The summed E-state index contributed by atoms with van der Waals surface area (Å²) in [6, 6.07) is 16.2. The molecule has 8 nitrogen and oxygen atoms in total. The predicted octanol–water partition coefficient (Wildman–Crippen LogP) is 3.43. The van der Waals surface area contributed by atoms with E-state index in [0.717, 1.165) is 66.1 Å². The minimum absolute atomic E-state index is 0.116. The van der Waals surface area contributed by atoms with Gasteiger partial charge in [-0.05, 0) is 111 Å². The molecule has 0 unspecified atom stereocenters. The lowest BCUT2D eigenvalue weighted by atomic mass is 9.95. The molecule has 0 radical (unpaired) electrons. The molecular weight excluding hydrogens is 518 g/mol. The molecule has 1 aliphatic rings. The molecule has 0 aliphatic heterocycles. The van der Waals surface area contributed by atoms with Gasteiger partial charge in [-0.25, -0.2) is 0 Å². The summed E-state index contributed by atoms with van der Waals surface area (Å²) in [7, 11) is 0. The number of aliphatic hydroxyl groups is 3. The number of benzene rings is 2. The Morgan fingerprint density at radius 1 is 0.805 bits per heavy atom. The molecule has 1 aliphatic carbocycles. The third-order valence-electron chi connectivity index (χ3n) is 7.98. The molecule has 8 heteroatoms. The average molecular weight is 564 g/mol. The van der Waals surface area contributed by atoms with Crippen LogP contribution >= 0.6 is 0 Å². The van der Waals surface area contributed by atoms with Crippen LogP contribution in [-0.4, -0.2) is 78.0 Å². The van der Waals surface area contributed by atoms with Crippen LogP contribution in [0.3, 0.4) is 0 Å². The van der Waals surface area contributed by atoms with Gasteiger partial charge in [-0.15, -0.1) is 0 Å². The fraction of sp³-hybridized carbons (Fsp3) is 0.485. The Balaban J connectivity index is 1.22. The highest BCUT2D eigenvalue weighted by Gasteiger charge is 2.40. The maximum absolute atomic E-state index is 10.2. The van der Waals surface area contributed by atoms with Crippen LogP contribution in [0.1, 0.15) is 36.0 Å². The van der Waals surface area contributed by atoms with Gasteiger partial charge in [0, 0.05) is 31.0 Å². The monoisotopic (exact) mass is 563 g/mol. The second-order valence-electron chi connectivity index (χ2n) is 10.8. The standard InChI is InChI=1S/C33H45N3O5/c1-23-27(7-3-9-30(23)40-19-5-14-34-16-11-25-12-17-35-18-13-25)28-8-4-10-31(24(28)2)41-20-6-15-36-29-21-26(22-37)32(38)33(29)39/h3-4,7-10,12-13,17-18,26,29,32-34,36-39H,5-6,11,14-16,19-22H2,1-2H3/t26-,29-,32-,33+/m1/s1. The van der Waals surface area contributed by atoms with Gasteiger partial charge < -0.3 is 35.4 Å². The van der Waals surface area contributed by atoms with E-state index in [1.54, 1.807) is 0 Å². The first-order valence-electron chi connectivity index (χ1n) is 14.7.